The van der Waals surface area contributed by atoms with Gasteiger partial charge in [0, 0.05) is 21.6 Å². The molecule has 0 radical (unpaired) electrons. The summed E-state index contributed by atoms with van der Waals surface area (Å²) in [4.78, 5) is 4.48. The summed E-state index contributed by atoms with van der Waals surface area (Å²) < 4.78 is 14.0. The number of hydrogen-bond acceptors (Lipinski definition) is 4. The molecule has 0 amide bonds. The number of aromatic nitrogens is 1. The van der Waals surface area contributed by atoms with Crippen molar-refractivity contribution in [2.24, 2.45) is 0 Å². The Kier molecular flexibility index (Phi) is 5.27. The highest BCUT2D eigenvalue weighted by atomic mass is 79.9. The normalized spacial score (nSPS) is 11.2. The van der Waals surface area contributed by atoms with E-state index in [0.717, 1.165) is 27.0 Å². The topological polar surface area (TPSA) is 48.7 Å². The molecule has 0 unspecified atom stereocenters. The van der Waals surface area contributed by atoms with Crippen LogP contribution in [0.5, 0.6) is 0 Å². The molecule has 25 heavy (non-hydrogen) atoms. The molecular formula is C19H13BrFN3S. The van der Waals surface area contributed by atoms with Gasteiger partial charge in [0.15, 0.2) is 0 Å². The van der Waals surface area contributed by atoms with E-state index in [-0.39, 0.29) is 5.82 Å². The van der Waals surface area contributed by atoms with Gasteiger partial charge in [-0.1, -0.05) is 6.07 Å². The molecule has 0 aliphatic carbocycles. The number of rotatable bonds is 4. The van der Waals surface area contributed by atoms with E-state index in [1.54, 1.807) is 18.3 Å². The van der Waals surface area contributed by atoms with Crippen LogP contribution in [-0.4, -0.2) is 4.98 Å². The molecule has 0 aliphatic rings. The van der Waals surface area contributed by atoms with Crippen LogP contribution in [0.2, 0.25) is 0 Å². The highest BCUT2D eigenvalue weighted by Gasteiger charge is 2.09. The molecule has 0 aliphatic heterocycles. The van der Waals surface area contributed by atoms with Gasteiger partial charge in [-0.05, 0) is 64.8 Å². The second kappa shape index (κ2) is 7.60. The van der Waals surface area contributed by atoms with Crippen molar-refractivity contribution in [3.63, 3.8) is 0 Å². The van der Waals surface area contributed by atoms with Gasteiger partial charge < -0.3 is 5.32 Å². The highest BCUT2D eigenvalue weighted by Crippen LogP contribution is 2.27. The van der Waals surface area contributed by atoms with Crippen LogP contribution in [0.25, 0.3) is 16.8 Å². The fourth-order valence-electron chi connectivity index (χ4n) is 2.18. The van der Waals surface area contributed by atoms with Crippen LogP contribution >= 0.6 is 27.3 Å². The lowest BCUT2D eigenvalue weighted by molar-refractivity contribution is 0.628. The molecule has 1 aromatic heterocycles. The first-order valence-corrected chi connectivity index (χ1v) is 9.09. The van der Waals surface area contributed by atoms with Crippen molar-refractivity contribution in [3.8, 4) is 17.3 Å². The molecule has 0 saturated carbocycles. The minimum Gasteiger partial charge on any atom is -0.359 e. The van der Waals surface area contributed by atoms with Crippen molar-refractivity contribution >= 4 is 38.5 Å². The molecule has 3 rings (SSSR count). The molecule has 3 aromatic rings. The van der Waals surface area contributed by atoms with Crippen LogP contribution in [0.1, 0.15) is 10.6 Å². The molecule has 3 nitrogen and oxygen atoms in total. The van der Waals surface area contributed by atoms with Crippen LogP contribution in [-0.2, 0) is 0 Å². The number of nitrogens with one attached hydrogen (secondary N) is 1. The summed E-state index contributed by atoms with van der Waals surface area (Å²) in [5.41, 5.74) is 3.98. The van der Waals surface area contributed by atoms with Crippen LogP contribution in [0, 0.1) is 24.1 Å². The number of benzene rings is 2. The maximum Gasteiger partial charge on any atom is 0.136 e. The number of allylic oxidation sites excluding steroid dienone is 1. The van der Waals surface area contributed by atoms with Gasteiger partial charge >= 0.3 is 0 Å². The first kappa shape index (κ1) is 17.3. The largest absolute Gasteiger partial charge is 0.359 e. The Morgan fingerprint density at radius 3 is 2.72 bits per heavy atom. The summed E-state index contributed by atoms with van der Waals surface area (Å²) in [5.74, 6) is -0.287. The zero-order valence-electron chi connectivity index (χ0n) is 13.3. The zero-order chi connectivity index (χ0) is 17.8. The van der Waals surface area contributed by atoms with Crippen molar-refractivity contribution in [1.82, 2.24) is 4.98 Å². The fourth-order valence-corrected chi connectivity index (χ4v) is 3.58. The summed E-state index contributed by atoms with van der Waals surface area (Å²) >= 11 is 4.87. The molecule has 1 N–H and O–H groups in total. The Morgan fingerprint density at radius 2 is 2.04 bits per heavy atom. The quantitative estimate of drug-likeness (QED) is 0.533. The van der Waals surface area contributed by atoms with E-state index in [4.69, 9.17) is 0 Å². The number of halogens is 2. The first-order chi connectivity index (χ1) is 12.1. The minimum atomic E-state index is -0.287. The highest BCUT2D eigenvalue weighted by molar-refractivity contribution is 9.10. The molecule has 0 bridgehead atoms. The number of aryl methyl sites for hydroxylation is 1. The Morgan fingerprint density at radius 1 is 1.28 bits per heavy atom. The molecule has 0 atom stereocenters. The standard InChI is InChI=1S/C19H13BrFN3S/c1-12-2-7-17(16(20)8-12)23-10-14(9-22)19-24-18(11-25-19)13-3-5-15(21)6-4-13/h2-8,10-11,23H,1H3/b14-10+. The van der Waals surface area contributed by atoms with Crippen molar-refractivity contribution < 1.29 is 4.39 Å². The molecule has 2 aromatic carbocycles. The van der Waals surface area contributed by atoms with Gasteiger partial charge in [0.25, 0.3) is 0 Å². The van der Waals surface area contributed by atoms with Crippen molar-refractivity contribution in [3.05, 3.63) is 74.9 Å². The van der Waals surface area contributed by atoms with Gasteiger partial charge in [-0.25, -0.2) is 9.37 Å². The van der Waals surface area contributed by atoms with Gasteiger partial charge in [0.2, 0.25) is 0 Å². The average molecular weight is 414 g/mol. The Hall–Kier alpha value is -2.49. The molecule has 0 saturated heterocycles. The predicted molar refractivity (Wildman–Crippen MR) is 104 cm³/mol. The summed E-state index contributed by atoms with van der Waals surface area (Å²) in [6.07, 6.45) is 1.64. The van der Waals surface area contributed by atoms with Gasteiger partial charge in [-0.15, -0.1) is 11.3 Å². The fraction of sp³-hybridized carbons (Fsp3) is 0.0526. The van der Waals surface area contributed by atoms with E-state index in [0.29, 0.717) is 10.6 Å². The van der Waals surface area contributed by atoms with E-state index < -0.39 is 0 Å². The second-order valence-electron chi connectivity index (χ2n) is 5.34. The number of nitriles is 1. The first-order valence-electron chi connectivity index (χ1n) is 7.41. The number of thiazole rings is 1. The van der Waals surface area contributed by atoms with Crippen LogP contribution < -0.4 is 5.32 Å². The van der Waals surface area contributed by atoms with E-state index in [9.17, 15) is 9.65 Å². The Labute approximate surface area is 157 Å². The average Bonchev–Trinajstić information content (AvgIpc) is 3.07. The molecule has 0 fully saturated rings. The van der Waals surface area contributed by atoms with Crippen LogP contribution in [0.15, 0.2) is 58.5 Å². The third-order valence-electron chi connectivity index (χ3n) is 3.49. The van der Waals surface area contributed by atoms with Crippen LogP contribution in [0.4, 0.5) is 10.1 Å². The van der Waals surface area contributed by atoms with E-state index in [2.05, 4.69) is 32.3 Å². The zero-order valence-corrected chi connectivity index (χ0v) is 15.7. The van der Waals surface area contributed by atoms with Crippen molar-refractivity contribution in [1.29, 1.82) is 5.26 Å². The molecule has 0 spiro atoms. The van der Waals surface area contributed by atoms with E-state index in [1.807, 2.05) is 30.5 Å². The third kappa shape index (κ3) is 4.13. The molecular weight excluding hydrogens is 401 g/mol. The monoisotopic (exact) mass is 413 g/mol. The maximum atomic E-state index is 13.0. The number of nitrogens with zero attached hydrogens (tertiary/aromatic N) is 2. The molecule has 124 valence electrons. The lowest BCUT2D eigenvalue weighted by Gasteiger charge is -2.05. The lowest BCUT2D eigenvalue weighted by atomic mass is 10.2. The van der Waals surface area contributed by atoms with Gasteiger partial charge in [0.05, 0.1) is 11.4 Å². The van der Waals surface area contributed by atoms with Gasteiger partial charge in [0.1, 0.15) is 22.5 Å². The maximum absolute atomic E-state index is 13.0. The third-order valence-corrected chi connectivity index (χ3v) is 5.02. The van der Waals surface area contributed by atoms with E-state index in [1.165, 1.54) is 23.5 Å². The molecule has 1 heterocycles. The van der Waals surface area contributed by atoms with E-state index >= 15 is 0 Å². The summed E-state index contributed by atoms with van der Waals surface area (Å²) in [6.45, 7) is 2.01. The summed E-state index contributed by atoms with van der Waals surface area (Å²) in [6, 6.07) is 14.2. The molecule has 6 heteroatoms. The summed E-state index contributed by atoms with van der Waals surface area (Å²) in [5, 5.41) is 15.0. The number of anilines is 1. The number of hydrogen-bond donors (Lipinski definition) is 1. The van der Waals surface area contributed by atoms with Gasteiger partial charge in [-0.2, -0.15) is 5.26 Å². The predicted octanol–water partition coefficient (Wildman–Crippen LogP) is 6.00. The SMILES string of the molecule is Cc1ccc(N/C=C(\C#N)c2nc(-c3ccc(F)cc3)cs2)c(Br)c1. The van der Waals surface area contributed by atoms with Gasteiger partial charge in [-0.3, -0.25) is 0 Å². The Balaban J connectivity index is 1.84. The summed E-state index contributed by atoms with van der Waals surface area (Å²) in [7, 11) is 0. The minimum absolute atomic E-state index is 0.287. The Bertz CT molecular complexity index is 971. The van der Waals surface area contributed by atoms with Crippen LogP contribution in [0.3, 0.4) is 0 Å². The lowest BCUT2D eigenvalue weighted by Crippen LogP contribution is -1.92. The van der Waals surface area contributed by atoms with Crippen molar-refractivity contribution in [2.75, 3.05) is 5.32 Å². The smallest absolute Gasteiger partial charge is 0.136 e. The van der Waals surface area contributed by atoms with Crippen molar-refractivity contribution in [2.45, 2.75) is 6.92 Å². The second-order valence-corrected chi connectivity index (χ2v) is 7.05.